The van der Waals surface area contributed by atoms with Crippen LogP contribution in [0.3, 0.4) is 0 Å². The van der Waals surface area contributed by atoms with Crippen LogP contribution in [-0.4, -0.2) is 63.7 Å². The summed E-state index contributed by atoms with van der Waals surface area (Å²) in [6.45, 7) is 5.80. The van der Waals surface area contributed by atoms with Crippen molar-refractivity contribution in [3.63, 3.8) is 0 Å². The summed E-state index contributed by atoms with van der Waals surface area (Å²) in [6.07, 6.45) is 3.13. The number of piperidine rings is 1. The van der Waals surface area contributed by atoms with Crippen molar-refractivity contribution in [3.8, 4) is 0 Å². The Morgan fingerprint density at radius 1 is 1.33 bits per heavy atom. The first-order chi connectivity index (χ1) is 8.57. The number of nitrogens with zero attached hydrogens (tertiary/aromatic N) is 1. The summed E-state index contributed by atoms with van der Waals surface area (Å²) in [7, 11) is -2.81. The summed E-state index contributed by atoms with van der Waals surface area (Å²) in [5.74, 6) is 0.565. The second-order valence-corrected chi connectivity index (χ2v) is 7.26. The number of ether oxygens (including phenoxy) is 1. The van der Waals surface area contributed by atoms with Crippen molar-refractivity contribution >= 4 is 9.84 Å². The molecule has 0 radical (unpaired) electrons. The molecule has 1 rings (SSSR count). The number of nitrogens with two attached hydrogens (primary N) is 1. The Morgan fingerprint density at radius 2 is 2.00 bits per heavy atom. The van der Waals surface area contributed by atoms with Crippen LogP contribution < -0.4 is 5.73 Å². The molecule has 5 nitrogen and oxygen atoms in total. The van der Waals surface area contributed by atoms with E-state index in [1.165, 1.54) is 0 Å². The predicted octanol–water partition coefficient (Wildman–Crippen LogP) is 0.251. The van der Waals surface area contributed by atoms with Gasteiger partial charge in [0, 0.05) is 25.4 Å². The van der Waals surface area contributed by atoms with Crippen LogP contribution in [0.5, 0.6) is 0 Å². The van der Waals surface area contributed by atoms with Crippen LogP contribution in [0.15, 0.2) is 0 Å². The van der Waals surface area contributed by atoms with Gasteiger partial charge in [-0.2, -0.15) is 0 Å². The van der Waals surface area contributed by atoms with Gasteiger partial charge in [-0.25, -0.2) is 8.42 Å². The SMILES string of the molecule is CCS(=O)(=O)CCCN1CCC(OCCN)CC1. The average Bonchev–Trinajstić information content (AvgIpc) is 2.38. The third kappa shape index (κ3) is 6.13. The largest absolute Gasteiger partial charge is 0.377 e. The summed E-state index contributed by atoms with van der Waals surface area (Å²) in [5.41, 5.74) is 5.40. The summed E-state index contributed by atoms with van der Waals surface area (Å²) in [4.78, 5) is 2.33. The van der Waals surface area contributed by atoms with Gasteiger partial charge in [-0.3, -0.25) is 0 Å². The van der Waals surface area contributed by atoms with Crippen LogP contribution >= 0.6 is 0 Å². The van der Waals surface area contributed by atoms with Crippen molar-refractivity contribution in [2.75, 3.05) is 44.3 Å². The Hall–Kier alpha value is -0.170. The van der Waals surface area contributed by atoms with Crippen molar-refractivity contribution in [3.05, 3.63) is 0 Å². The van der Waals surface area contributed by atoms with E-state index >= 15 is 0 Å². The summed E-state index contributed by atoms with van der Waals surface area (Å²) >= 11 is 0. The maximum absolute atomic E-state index is 11.4. The van der Waals surface area contributed by atoms with Crippen LogP contribution in [-0.2, 0) is 14.6 Å². The molecule has 0 spiro atoms. The lowest BCUT2D eigenvalue weighted by Gasteiger charge is -2.31. The number of likely N-dealkylation sites (tertiary alicyclic amines) is 1. The van der Waals surface area contributed by atoms with Crippen molar-refractivity contribution in [2.45, 2.75) is 32.3 Å². The van der Waals surface area contributed by atoms with Crippen molar-refractivity contribution in [1.29, 1.82) is 0 Å². The molecule has 18 heavy (non-hydrogen) atoms. The van der Waals surface area contributed by atoms with E-state index in [4.69, 9.17) is 10.5 Å². The number of hydrogen-bond acceptors (Lipinski definition) is 5. The van der Waals surface area contributed by atoms with Crippen LogP contribution in [0.25, 0.3) is 0 Å². The molecule has 0 amide bonds. The van der Waals surface area contributed by atoms with Gasteiger partial charge < -0.3 is 15.4 Å². The molecule has 0 aromatic carbocycles. The minimum atomic E-state index is -2.81. The molecule has 0 unspecified atom stereocenters. The van der Waals surface area contributed by atoms with Crippen molar-refractivity contribution < 1.29 is 13.2 Å². The van der Waals surface area contributed by atoms with Crippen LogP contribution in [0, 0.1) is 0 Å². The minimum Gasteiger partial charge on any atom is -0.377 e. The van der Waals surface area contributed by atoms with E-state index in [-0.39, 0.29) is 5.75 Å². The van der Waals surface area contributed by atoms with E-state index in [1.807, 2.05) is 0 Å². The standard InChI is InChI=1S/C12H26N2O3S/c1-2-18(15,16)11-3-7-14-8-4-12(5-9-14)17-10-6-13/h12H,2-11,13H2,1H3. The fourth-order valence-corrected chi connectivity index (χ4v) is 3.04. The first kappa shape index (κ1) is 15.9. The van der Waals surface area contributed by atoms with E-state index in [0.717, 1.165) is 38.9 Å². The summed E-state index contributed by atoms with van der Waals surface area (Å²) in [6, 6.07) is 0. The van der Waals surface area contributed by atoms with Gasteiger partial charge in [0.1, 0.15) is 9.84 Å². The molecule has 0 aromatic rings. The molecule has 0 atom stereocenters. The van der Waals surface area contributed by atoms with Gasteiger partial charge in [0.05, 0.1) is 18.5 Å². The Bertz CT molecular complexity index is 311. The second kappa shape index (κ2) is 8.09. The molecule has 1 saturated heterocycles. The highest BCUT2D eigenvalue weighted by Gasteiger charge is 2.19. The Morgan fingerprint density at radius 3 is 2.56 bits per heavy atom. The number of sulfone groups is 1. The highest BCUT2D eigenvalue weighted by Crippen LogP contribution is 2.13. The normalized spacial score (nSPS) is 19.2. The lowest BCUT2D eigenvalue weighted by molar-refractivity contribution is 0.0116. The van der Waals surface area contributed by atoms with Gasteiger partial charge in [-0.1, -0.05) is 6.92 Å². The molecule has 0 aliphatic carbocycles. The van der Waals surface area contributed by atoms with Gasteiger partial charge in [-0.15, -0.1) is 0 Å². The van der Waals surface area contributed by atoms with Gasteiger partial charge in [-0.05, 0) is 25.8 Å². The Labute approximate surface area is 111 Å². The van der Waals surface area contributed by atoms with E-state index in [0.29, 0.717) is 25.0 Å². The third-order valence-electron chi connectivity index (χ3n) is 3.38. The van der Waals surface area contributed by atoms with Gasteiger partial charge in [0.15, 0.2) is 0 Å². The molecule has 6 heteroatoms. The lowest BCUT2D eigenvalue weighted by Crippen LogP contribution is -2.38. The molecular weight excluding hydrogens is 252 g/mol. The molecule has 1 fully saturated rings. The highest BCUT2D eigenvalue weighted by atomic mass is 32.2. The maximum atomic E-state index is 11.4. The smallest absolute Gasteiger partial charge is 0.150 e. The molecular formula is C12H26N2O3S. The maximum Gasteiger partial charge on any atom is 0.150 e. The van der Waals surface area contributed by atoms with E-state index < -0.39 is 9.84 Å². The van der Waals surface area contributed by atoms with Crippen LogP contribution in [0.4, 0.5) is 0 Å². The fourth-order valence-electron chi connectivity index (χ4n) is 2.19. The first-order valence-electron chi connectivity index (χ1n) is 6.82. The molecule has 1 aliphatic heterocycles. The molecule has 0 aromatic heterocycles. The molecule has 0 saturated carbocycles. The van der Waals surface area contributed by atoms with Crippen LogP contribution in [0.2, 0.25) is 0 Å². The summed E-state index contributed by atoms with van der Waals surface area (Å²) < 4.78 is 28.3. The monoisotopic (exact) mass is 278 g/mol. The highest BCUT2D eigenvalue weighted by molar-refractivity contribution is 7.91. The predicted molar refractivity (Wildman–Crippen MR) is 73.4 cm³/mol. The van der Waals surface area contributed by atoms with E-state index in [2.05, 4.69) is 4.90 Å². The molecule has 108 valence electrons. The average molecular weight is 278 g/mol. The first-order valence-corrected chi connectivity index (χ1v) is 8.64. The minimum absolute atomic E-state index is 0.252. The van der Waals surface area contributed by atoms with E-state index in [9.17, 15) is 8.42 Å². The van der Waals surface area contributed by atoms with Crippen molar-refractivity contribution in [1.82, 2.24) is 4.90 Å². The molecule has 2 N–H and O–H groups in total. The zero-order chi connectivity index (χ0) is 13.4. The van der Waals surface area contributed by atoms with Crippen molar-refractivity contribution in [2.24, 2.45) is 5.73 Å². The molecule has 0 bridgehead atoms. The summed E-state index contributed by atoms with van der Waals surface area (Å²) in [5, 5.41) is 0. The Balaban J connectivity index is 2.12. The lowest BCUT2D eigenvalue weighted by atomic mass is 10.1. The zero-order valence-electron chi connectivity index (χ0n) is 11.3. The molecule has 1 aliphatic rings. The molecule has 1 heterocycles. The zero-order valence-corrected chi connectivity index (χ0v) is 12.1. The second-order valence-electron chi connectivity index (χ2n) is 4.79. The topological polar surface area (TPSA) is 72.6 Å². The fraction of sp³-hybridized carbons (Fsp3) is 1.00. The van der Waals surface area contributed by atoms with Gasteiger partial charge in [0.25, 0.3) is 0 Å². The number of hydrogen-bond donors (Lipinski definition) is 1. The Kier molecular flexibility index (Phi) is 7.14. The van der Waals surface area contributed by atoms with Gasteiger partial charge in [0.2, 0.25) is 0 Å². The third-order valence-corrected chi connectivity index (χ3v) is 5.17. The van der Waals surface area contributed by atoms with Crippen LogP contribution in [0.1, 0.15) is 26.2 Å². The number of rotatable bonds is 8. The quantitative estimate of drug-likeness (QED) is 0.689. The van der Waals surface area contributed by atoms with E-state index in [1.54, 1.807) is 6.92 Å². The van der Waals surface area contributed by atoms with Gasteiger partial charge >= 0.3 is 0 Å².